The van der Waals surface area contributed by atoms with Crippen molar-refractivity contribution in [2.75, 3.05) is 12.3 Å². The zero-order chi connectivity index (χ0) is 16.9. The van der Waals surface area contributed by atoms with Crippen molar-refractivity contribution in [3.05, 3.63) is 83.9 Å². The summed E-state index contributed by atoms with van der Waals surface area (Å²) in [5, 5.41) is 10.3. The zero-order valence-electron chi connectivity index (χ0n) is 13.6. The molecule has 122 valence electrons. The number of nitrogens with two attached hydrogens (primary N) is 1. The lowest BCUT2D eigenvalue weighted by molar-refractivity contribution is 0.108. The molecule has 0 saturated heterocycles. The molecule has 3 rings (SSSR count). The number of benzene rings is 3. The number of hydrogen-bond donors (Lipinski definition) is 2. The lowest BCUT2D eigenvalue weighted by Gasteiger charge is -2.15. The van der Waals surface area contributed by atoms with E-state index in [1.807, 2.05) is 67.6 Å². The second-order valence-electron chi connectivity index (χ2n) is 5.86. The Hall–Kier alpha value is -2.78. The third-order valence-corrected chi connectivity index (χ3v) is 3.96. The van der Waals surface area contributed by atoms with Crippen LogP contribution in [0.3, 0.4) is 0 Å². The molecule has 3 nitrogen and oxygen atoms in total. The van der Waals surface area contributed by atoms with Gasteiger partial charge in [0.1, 0.15) is 18.5 Å². The predicted octanol–water partition coefficient (Wildman–Crippen LogP) is 4.36. The average Bonchev–Trinajstić information content (AvgIpc) is 2.62. The molecule has 0 spiro atoms. The van der Waals surface area contributed by atoms with E-state index >= 15 is 0 Å². The maximum absolute atomic E-state index is 10.3. The molecule has 1 unspecified atom stereocenters. The molecule has 24 heavy (non-hydrogen) atoms. The first-order valence-electron chi connectivity index (χ1n) is 7.96. The normalized spacial score (nSPS) is 11.9. The van der Waals surface area contributed by atoms with Crippen molar-refractivity contribution in [3.63, 3.8) is 0 Å². The summed E-state index contributed by atoms with van der Waals surface area (Å²) in [4.78, 5) is 0. The van der Waals surface area contributed by atoms with Crippen LogP contribution in [0.5, 0.6) is 5.75 Å². The molecule has 0 aliphatic heterocycles. The van der Waals surface area contributed by atoms with Crippen molar-refractivity contribution in [2.24, 2.45) is 0 Å². The van der Waals surface area contributed by atoms with E-state index in [4.69, 9.17) is 10.5 Å². The van der Waals surface area contributed by atoms with Crippen molar-refractivity contribution in [1.29, 1.82) is 0 Å². The molecule has 0 fully saturated rings. The highest BCUT2D eigenvalue weighted by molar-refractivity contribution is 5.63. The van der Waals surface area contributed by atoms with E-state index in [9.17, 15) is 5.11 Å². The first kappa shape index (κ1) is 16.1. The Morgan fingerprint density at radius 3 is 2.25 bits per heavy atom. The van der Waals surface area contributed by atoms with Gasteiger partial charge >= 0.3 is 0 Å². The molecular formula is C21H21NO2. The van der Waals surface area contributed by atoms with Crippen LogP contribution in [0.15, 0.2) is 72.8 Å². The number of aryl methyl sites for hydroxylation is 1. The minimum absolute atomic E-state index is 0.165. The molecular weight excluding hydrogens is 298 g/mol. The van der Waals surface area contributed by atoms with Gasteiger partial charge < -0.3 is 15.6 Å². The molecule has 0 heterocycles. The van der Waals surface area contributed by atoms with E-state index in [2.05, 4.69) is 12.1 Å². The van der Waals surface area contributed by atoms with E-state index < -0.39 is 6.10 Å². The summed E-state index contributed by atoms with van der Waals surface area (Å²) in [7, 11) is 0. The topological polar surface area (TPSA) is 55.5 Å². The molecule has 0 radical (unpaired) electrons. The Balaban J connectivity index is 1.66. The first-order chi connectivity index (χ1) is 11.6. The predicted molar refractivity (Wildman–Crippen MR) is 97.9 cm³/mol. The van der Waals surface area contributed by atoms with Crippen molar-refractivity contribution in [3.8, 4) is 16.9 Å². The summed E-state index contributed by atoms with van der Waals surface area (Å²) in [5.74, 6) is 0.598. The molecule has 3 heteroatoms. The van der Waals surface area contributed by atoms with E-state index in [0.29, 0.717) is 11.4 Å². The highest BCUT2D eigenvalue weighted by atomic mass is 16.5. The Morgan fingerprint density at radius 2 is 1.58 bits per heavy atom. The SMILES string of the molecule is Cc1ccc(OCC(O)c2ccc(-c3ccccc3)cc2)c(N)c1. The van der Waals surface area contributed by atoms with Crippen LogP contribution in [0.2, 0.25) is 0 Å². The second-order valence-corrected chi connectivity index (χ2v) is 5.86. The van der Waals surface area contributed by atoms with Crippen molar-refractivity contribution < 1.29 is 9.84 Å². The summed E-state index contributed by atoms with van der Waals surface area (Å²) < 4.78 is 5.65. The van der Waals surface area contributed by atoms with Gasteiger partial charge in [-0.2, -0.15) is 0 Å². The second kappa shape index (κ2) is 7.20. The summed E-state index contributed by atoms with van der Waals surface area (Å²) >= 11 is 0. The fourth-order valence-corrected chi connectivity index (χ4v) is 2.59. The Morgan fingerprint density at radius 1 is 0.917 bits per heavy atom. The van der Waals surface area contributed by atoms with E-state index in [1.54, 1.807) is 0 Å². The van der Waals surface area contributed by atoms with Gasteiger partial charge in [-0.05, 0) is 41.3 Å². The van der Waals surface area contributed by atoms with Crippen LogP contribution in [-0.2, 0) is 0 Å². The minimum atomic E-state index is -0.699. The third kappa shape index (κ3) is 3.76. The largest absolute Gasteiger partial charge is 0.488 e. The Kier molecular flexibility index (Phi) is 4.82. The highest BCUT2D eigenvalue weighted by Gasteiger charge is 2.10. The van der Waals surface area contributed by atoms with Gasteiger partial charge in [-0.15, -0.1) is 0 Å². The molecule has 0 bridgehead atoms. The van der Waals surface area contributed by atoms with Crippen molar-refractivity contribution in [1.82, 2.24) is 0 Å². The maximum Gasteiger partial charge on any atom is 0.142 e. The van der Waals surface area contributed by atoms with E-state index in [-0.39, 0.29) is 6.61 Å². The number of aliphatic hydroxyl groups is 1. The standard InChI is InChI=1S/C21H21NO2/c1-15-7-12-21(19(22)13-15)24-14-20(23)18-10-8-17(9-11-18)16-5-3-2-4-6-16/h2-13,20,23H,14,22H2,1H3. The summed E-state index contributed by atoms with van der Waals surface area (Å²) in [6, 6.07) is 23.6. The Labute approximate surface area is 142 Å². The molecule has 1 atom stereocenters. The van der Waals surface area contributed by atoms with Crippen LogP contribution in [-0.4, -0.2) is 11.7 Å². The van der Waals surface area contributed by atoms with Crippen LogP contribution in [0.1, 0.15) is 17.2 Å². The average molecular weight is 319 g/mol. The van der Waals surface area contributed by atoms with Crippen LogP contribution < -0.4 is 10.5 Å². The lowest BCUT2D eigenvalue weighted by Crippen LogP contribution is -2.10. The fraction of sp³-hybridized carbons (Fsp3) is 0.143. The van der Waals surface area contributed by atoms with Gasteiger partial charge in [0.25, 0.3) is 0 Å². The van der Waals surface area contributed by atoms with Gasteiger partial charge in [0.2, 0.25) is 0 Å². The van der Waals surface area contributed by atoms with Gasteiger partial charge in [-0.3, -0.25) is 0 Å². The molecule has 0 aromatic heterocycles. The number of aliphatic hydroxyl groups excluding tert-OH is 1. The smallest absolute Gasteiger partial charge is 0.142 e. The molecule has 3 N–H and O–H groups in total. The Bertz CT molecular complexity index is 798. The van der Waals surface area contributed by atoms with E-state index in [1.165, 1.54) is 0 Å². The number of nitrogen functional groups attached to an aromatic ring is 1. The van der Waals surface area contributed by atoms with E-state index in [0.717, 1.165) is 22.3 Å². The van der Waals surface area contributed by atoms with Crippen LogP contribution in [0.4, 0.5) is 5.69 Å². The van der Waals surface area contributed by atoms with Gasteiger partial charge in [0.15, 0.2) is 0 Å². The van der Waals surface area contributed by atoms with Gasteiger partial charge in [-0.25, -0.2) is 0 Å². The monoisotopic (exact) mass is 319 g/mol. The van der Waals surface area contributed by atoms with Crippen molar-refractivity contribution >= 4 is 5.69 Å². The summed E-state index contributed by atoms with van der Waals surface area (Å²) in [6.45, 7) is 2.14. The number of ether oxygens (including phenoxy) is 1. The fourth-order valence-electron chi connectivity index (χ4n) is 2.59. The third-order valence-electron chi connectivity index (χ3n) is 3.96. The number of rotatable bonds is 5. The lowest BCUT2D eigenvalue weighted by atomic mass is 10.0. The minimum Gasteiger partial charge on any atom is -0.488 e. The molecule has 0 aliphatic rings. The maximum atomic E-state index is 10.3. The van der Waals surface area contributed by atoms with Crippen LogP contribution in [0.25, 0.3) is 11.1 Å². The zero-order valence-corrected chi connectivity index (χ0v) is 13.6. The molecule has 0 saturated carbocycles. The number of anilines is 1. The van der Waals surface area contributed by atoms with Crippen LogP contribution >= 0.6 is 0 Å². The van der Waals surface area contributed by atoms with Gasteiger partial charge in [0.05, 0.1) is 5.69 Å². The van der Waals surface area contributed by atoms with Crippen molar-refractivity contribution in [2.45, 2.75) is 13.0 Å². The van der Waals surface area contributed by atoms with Gasteiger partial charge in [-0.1, -0.05) is 60.7 Å². The summed E-state index contributed by atoms with van der Waals surface area (Å²) in [6.07, 6.45) is -0.699. The molecule has 0 aliphatic carbocycles. The molecule has 3 aromatic carbocycles. The summed E-state index contributed by atoms with van der Waals surface area (Å²) in [5.41, 5.74) is 10.7. The van der Waals surface area contributed by atoms with Crippen LogP contribution in [0, 0.1) is 6.92 Å². The number of hydrogen-bond acceptors (Lipinski definition) is 3. The first-order valence-corrected chi connectivity index (χ1v) is 7.96. The quantitative estimate of drug-likeness (QED) is 0.687. The molecule has 3 aromatic rings. The molecule has 0 amide bonds. The highest BCUT2D eigenvalue weighted by Crippen LogP contribution is 2.25. The van der Waals surface area contributed by atoms with Gasteiger partial charge in [0, 0.05) is 0 Å².